The van der Waals surface area contributed by atoms with Crippen LogP contribution in [0.15, 0.2) is 30.3 Å². The summed E-state index contributed by atoms with van der Waals surface area (Å²) in [5, 5.41) is 4.16. The van der Waals surface area contributed by atoms with Crippen LogP contribution in [-0.4, -0.2) is 40.2 Å². The minimum atomic E-state index is -0.547. The van der Waals surface area contributed by atoms with Gasteiger partial charge in [-0.05, 0) is 26.0 Å². The molecule has 1 heterocycles. The van der Waals surface area contributed by atoms with Crippen molar-refractivity contribution in [3.63, 3.8) is 0 Å². The first-order valence-corrected chi connectivity index (χ1v) is 7.51. The number of likely N-dealkylation sites (N-methyl/N-ethyl adjacent to an activating group) is 1. The van der Waals surface area contributed by atoms with Gasteiger partial charge >= 0.3 is 5.97 Å². The third-order valence-corrected chi connectivity index (χ3v) is 3.53. The number of nitrogens with zero attached hydrogens (tertiary/aromatic N) is 3. The fourth-order valence-electron chi connectivity index (χ4n) is 2.23. The average Bonchev–Trinajstić information content (AvgIpc) is 2.84. The van der Waals surface area contributed by atoms with E-state index in [1.54, 1.807) is 18.2 Å². The maximum atomic E-state index is 13.6. The molecule has 2 rings (SSSR count). The first-order chi connectivity index (χ1) is 11.4. The molecule has 0 unspecified atom stereocenters. The second-order valence-corrected chi connectivity index (χ2v) is 5.59. The molecule has 0 N–H and O–H groups in total. The Morgan fingerprint density at radius 3 is 2.62 bits per heavy atom. The first kappa shape index (κ1) is 17.7. The Kier molecular flexibility index (Phi) is 5.68. The Bertz CT molecular complexity index is 742. The number of esters is 1. The number of aryl methyl sites for hydroxylation is 2. The fourth-order valence-corrected chi connectivity index (χ4v) is 2.23. The first-order valence-electron chi connectivity index (χ1n) is 7.51. The highest BCUT2D eigenvalue weighted by molar-refractivity contribution is 5.80. The molecular formula is C17H20FN3O3. The Morgan fingerprint density at radius 1 is 1.29 bits per heavy atom. The lowest BCUT2D eigenvalue weighted by molar-refractivity contribution is -0.152. The topological polar surface area (TPSA) is 64.4 Å². The predicted octanol–water partition coefficient (Wildman–Crippen LogP) is 1.84. The van der Waals surface area contributed by atoms with Crippen molar-refractivity contribution in [2.45, 2.75) is 26.9 Å². The van der Waals surface area contributed by atoms with Crippen LogP contribution in [0, 0.1) is 19.7 Å². The standard InChI is InChI=1S/C17H20FN3O3/c1-12-8-13(2)21(19-12)10-17(23)24-11-16(22)20(3)9-14-6-4-5-7-15(14)18/h4-8H,9-11H2,1-3H3. The molecule has 0 fully saturated rings. The predicted molar refractivity (Wildman–Crippen MR) is 85.5 cm³/mol. The summed E-state index contributed by atoms with van der Waals surface area (Å²) < 4.78 is 20.1. The van der Waals surface area contributed by atoms with Crippen LogP contribution in [0.25, 0.3) is 0 Å². The molecular weight excluding hydrogens is 313 g/mol. The molecule has 128 valence electrons. The summed E-state index contributed by atoms with van der Waals surface area (Å²) in [6.45, 7) is 3.34. The van der Waals surface area contributed by atoms with E-state index in [0.29, 0.717) is 5.56 Å². The summed E-state index contributed by atoms with van der Waals surface area (Å²) in [7, 11) is 1.53. The van der Waals surface area contributed by atoms with Gasteiger partial charge in [-0.2, -0.15) is 5.10 Å². The molecule has 0 aliphatic heterocycles. The Balaban J connectivity index is 1.82. The van der Waals surface area contributed by atoms with Crippen LogP contribution in [0.1, 0.15) is 17.0 Å². The molecule has 0 aliphatic carbocycles. The fraction of sp³-hybridized carbons (Fsp3) is 0.353. The zero-order valence-corrected chi connectivity index (χ0v) is 14.0. The number of aromatic nitrogens is 2. The van der Waals surface area contributed by atoms with Gasteiger partial charge in [-0.1, -0.05) is 18.2 Å². The van der Waals surface area contributed by atoms with Crippen molar-refractivity contribution in [2.24, 2.45) is 0 Å². The zero-order chi connectivity index (χ0) is 17.7. The highest BCUT2D eigenvalue weighted by atomic mass is 19.1. The second-order valence-electron chi connectivity index (χ2n) is 5.59. The van der Waals surface area contributed by atoms with Crippen LogP contribution < -0.4 is 0 Å². The van der Waals surface area contributed by atoms with Crippen LogP contribution in [0.3, 0.4) is 0 Å². The number of halogens is 1. The van der Waals surface area contributed by atoms with Gasteiger partial charge in [0.15, 0.2) is 6.61 Å². The molecule has 1 amide bonds. The van der Waals surface area contributed by atoms with Gasteiger partial charge in [0, 0.05) is 24.8 Å². The van der Waals surface area contributed by atoms with Gasteiger partial charge in [0.1, 0.15) is 12.4 Å². The minimum Gasteiger partial charge on any atom is -0.454 e. The van der Waals surface area contributed by atoms with Crippen molar-refractivity contribution in [1.29, 1.82) is 0 Å². The van der Waals surface area contributed by atoms with E-state index in [4.69, 9.17) is 4.74 Å². The summed E-state index contributed by atoms with van der Waals surface area (Å²) >= 11 is 0. The lowest BCUT2D eigenvalue weighted by Gasteiger charge is -2.17. The number of carbonyl (C=O) groups is 2. The third-order valence-electron chi connectivity index (χ3n) is 3.53. The van der Waals surface area contributed by atoms with Gasteiger partial charge in [-0.25, -0.2) is 4.39 Å². The highest BCUT2D eigenvalue weighted by Crippen LogP contribution is 2.09. The van der Waals surface area contributed by atoms with E-state index in [0.717, 1.165) is 11.4 Å². The van der Waals surface area contributed by atoms with Crippen LogP contribution in [0.2, 0.25) is 0 Å². The minimum absolute atomic E-state index is 0.0516. The van der Waals surface area contributed by atoms with E-state index in [1.165, 1.54) is 22.7 Å². The lowest BCUT2D eigenvalue weighted by atomic mass is 10.2. The van der Waals surface area contributed by atoms with E-state index in [2.05, 4.69) is 5.10 Å². The number of hydrogen-bond acceptors (Lipinski definition) is 4. The molecule has 6 nitrogen and oxygen atoms in total. The summed E-state index contributed by atoms with van der Waals surface area (Å²) in [5.41, 5.74) is 2.05. The molecule has 1 aromatic carbocycles. The SMILES string of the molecule is Cc1cc(C)n(CC(=O)OCC(=O)N(C)Cc2ccccc2F)n1. The molecule has 0 radical (unpaired) electrons. The van der Waals surface area contributed by atoms with Crippen molar-refractivity contribution >= 4 is 11.9 Å². The molecule has 7 heteroatoms. The average molecular weight is 333 g/mol. The number of benzene rings is 1. The third kappa shape index (κ3) is 4.65. The molecule has 0 atom stereocenters. The quantitative estimate of drug-likeness (QED) is 0.757. The van der Waals surface area contributed by atoms with Crippen LogP contribution in [0.4, 0.5) is 4.39 Å². The van der Waals surface area contributed by atoms with E-state index >= 15 is 0 Å². The molecule has 0 aliphatic rings. The lowest BCUT2D eigenvalue weighted by Crippen LogP contribution is -2.31. The summed E-state index contributed by atoms with van der Waals surface area (Å²) in [5.74, 6) is -1.33. The number of hydrogen-bond donors (Lipinski definition) is 0. The number of carbonyl (C=O) groups excluding carboxylic acids is 2. The van der Waals surface area contributed by atoms with Crippen molar-refractivity contribution in [1.82, 2.24) is 14.7 Å². The zero-order valence-electron chi connectivity index (χ0n) is 14.0. The molecule has 0 bridgehead atoms. The highest BCUT2D eigenvalue weighted by Gasteiger charge is 2.15. The van der Waals surface area contributed by atoms with Crippen molar-refractivity contribution in [2.75, 3.05) is 13.7 Å². The van der Waals surface area contributed by atoms with E-state index in [9.17, 15) is 14.0 Å². The monoisotopic (exact) mass is 333 g/mol. The number of ether oxygens (including phenoxy) is 1. The maximum absolute atomic E-state index is 13.6. The smallest absolute Gasteiger partial charge is 0.328 e. The summed E-state index contributed by atoms with van der Waals surface area (Å²) in [6, 6.07) is 8.07. The van der Waals surface area contributed by atoms with Gasteiger partial charge in [0.05, 0.1) is 5.69 Å². The van der Waals surface area contributed by atoms with Gasteiger partial charge in [0.25, 0.3) is 5.91 Å². The van der Waals surface area contributed by atoms with Gasteiger partial charge in [-0.15, -0.1) is 0 Å². The molecule has 2 aromatic rings. The molecule has 0 saturated carbocycles. The van der Waals surface area contributed by atoms with E-state index in [1.807, 2.05) is 19.9 Å². The van der Waals surface area contributed by atoms with Crippen molar-refractivity contribution < 1.29 is 18.7 Å². The van der Waals surface area contributed by atoms with E-state index in [-0.39, 0.29) is 25.5 Å². The Morgan fingerprint density at radius 2 is 2.00 bits per heavy atom. The molecule has 1 aromatic heterocycles. The number of amides is 1. The van der Waals surface area contributed by atoms with Gasteiger partial charge in [-0.3, -0.25) is 14.3 Å². The number of rotatable bonds is 6. The maximum Gasteiger partial charge on any atom is 0.328 e. The normalized spacial score (nSPS) is 10.5. The Labute approximate surface area is 139 Å². The van der Waals surface area contributed by atoms with Crippen molar-refractivity contribution in [3.8, 4) is 0 Å². The van der Waals surface area contributed by atoms with Crippen LogP contribution >= 0.6 is 0 Å². The van der Waals surface area contributed by atoms with Crippen LogP contribution in [-0.2, 0) is 27.4 Å². The van der Waals surface area contributed by atoms with E-state index < -0.39 is 11.9 Å². The van der Waals surface area contributed by atoms with Gasteiger partial charge < -0.3 is 9.64 Å². The Hall–Kier alpha value is -2.70. The van der Waals surface area contributed by atoms with Crippen LogP contribution in [0.5, 0.6) is 0 Å². The summed E-state index contributed by atoms with van der Waals surface area (Å²) in [4.78, 5) is 25.1. The van der Waals surface area contributed by atoms with Crippen molar-refractivity contribution in [3.05, 3.63) is 53.1 Å². The largest absolute Gasteiger partial charge is 0.454 e. The molecule has 0 spiro atoms. The molecule has 0 saturated heterocycles. The summed E-state index contributed by atoms with van der Waals surface area (Å²) in [6.07, 6.45) is 0. The van der Waals surface area contributed by atoms with Gasteiger partial charge in [0.2, 0.25) is 0 Å². The second kappa shape index (κ2) is 7.72. The molecule has 24 heavy (non-hydrogen) atoms.